The maximum absolute atomic E-state index is 11.6. The number of fused-ring (bicyclic) bond motifs is 1. The summed E-state index contributed by atoms with van der Waals surface area (Å²) in [5.41, 5.74) is 6.79. The predicted molar refractivity (Wildman–Crippen MR) is 108 cm³/mol. The van der Waals surface area contributed by atoms with E-state index in [4.69, 9.17) is 9.15 Å². The first kappa shape index (κ1) is 18.2. The number of rotatable bonds is 5. The van der Waals surface area contributed by atoms with Crippen molar-refractivity contribution in [3.8, 4) is 17.2 Å². The van der Waals surface area contributed by atoms with Crippen molar-refractivity contribution in [1.82, 2.24) is 10.4 Å². The van der Waals surface area contributed by atoms with Crippen molar-refractivity contribution in [3.63, 3.8) is 0 Å². The average molecular weight is 377 g/mol. The van der Waals surface area contributed by atoms with Crippen molar-refractivity contribution < 1.29 is 13.9 Å². The molecule has 0 fully saturated rings. The molecule has 3 aromatic rings. The largest absolute Gasteiger partial charge is 0.491 e. The zero-order valence-corrected chi connectivity index (χ0v) is 16.2. The molecule has 1 aliphatic heterocycles. The van der Waals surface area contributed by atoms with Gasteiger partial charge in [0.25, 0.3) is 0 Å². The van der Waals surface area contributed by atoms with Crippen molar-refractivity contribution in [2.24, 2.45) is 11.0 Å². The third-order valence-corrected chi connectivity index (χ3v) is 4.77. The molecular weight excluding hydrogens is 354 g/mol. The van der Waals surface area contributed by atoms with Gasteiger partial charge in [-0.3, -0.25) is 4.79 Å². The van der Waals surface area contributed by atoms with E-state index in [-0.39, 0.29) is 17.9 Å². The van der Waals surface area contributed by atoms with Crippen molar-refractivity contribution in [2.45, 2.75) is 39.7 Å². The quantitative estimate of drug-likeness (QED) is 0.708. The first-order valence-electron chi connectivity index (χ1n) is 9.58. The van der Waals surface area contributed by atoms with Gasteiger partial charge < -0.3 is 9.15 Å². The maximum Gasteiger partial charge on any atom is 0.240 e. The molecule has 6 heteroatoms. The van der Waals surface area contributed by atoms with E-state index >= 15 is 0 Å². The molecule has 2 heterocycles. The number of carbonyl (C=O) groups excluding carboxylic acids is 1. The van der Waals surface area contributed by atoms with Gasteiger partial charge in [0.2, 0.25) is 11.8 Å². The van der Waals surface area contributed by atoms with Gasteiger partial charge in [-0.05, 0) is 56.7 Å². The summed E-state index contributed by atoms with van der Waals surface area (Å²) in [6.45, 7) is 6.06. The number of ether oxygens (including phenoxy) is 1. The lowest BCUT2D eigenvalue weighted by Crippen LogP contribution is -2.33. The van der Waals surface area contributed by atoms with Gasteiger partial charge in [-0.1, -0.05) is 13.0 Å². The van der Waals surface area contributed by atoms with E-state index in [2.05, 4.69) is 22.4 Å². The molecule has 0 bridgehead atoms. The summed E-state index contributed by atoms with van der Waals surface area (Å²) in [4.78, 5) is 16.2. The normalized spacial score (nSPS) is 16.9. The van der Waals surface area contributed by atoms with E-state index < -0.39 is 0 Å². The molecule has 1 aliphatic rings. The number of hydrogen-bond acceptors (Lipinski definition) is 5. The van der Waals surface area contributed by atoms with Crippen LogP contribution >= 0.6 is 0 Å². The Hall–Kier alpha value is -3.15. The SMILES string of the molecule is CCC1CC(=O)NN=C1c1ccc2nc(-c3ccc(OC(C)C)cc3)oc2c1. The van der Waals surface area contributed by atoms with Crippen LogP contribution in [-0.4, -0.2) is 22.7 Å². The molecule has 1 unspecified atom stereocenters. The van der Waals surface area contributed by atoms with E-state index in [0.717, 1.165) is 34.5 Å². The molecule has 0 spiro atoms. The number of carbonyl (C=O) groups is 1. The van der Waals surface area contributed by atoms with Crippen LogP contribution in [0.25, 0.3) is 22.6 Å². The Balaban J connectivity index is 1.64. The molecule has 144 valence electrons. The van der Waals surface area contributed by atoms with Crippen LogP contribution in [0.2, 0.25) is 0 Å². The van der Waals surface area contributed by atoms with Crippen LogP contribution in [0, 0.1) is 5.92 Å². The van der Waals surface area contributed by atoms with Gasteiger partial charge >= 0.3 is 0 Å². The Bertz CT molecular complexity index is 1030. The minimum atomic E-state index is -0.0384. The smallest absolute Gasteiger partial charge is 0.240 e. The standard InChI is InChI=1S/C22H23N3O3/c1-4-14-12-20(26)24-25-21(14)16-7-10-18-19(11-16)28-22(23-18)15-5-8-17(9-6-15)27-13(2)3/h5-11,13-14H,4,12H2,1-3H3,(H,24,26). The Morgan fingerprint density at radius 1 is 1.18 bits per heavy atom. The van der Waals surface area contributed by atoms with Gasteiger partial charge in [-0.2, -0.15) is 5.10 Å². The molecule has 0 saturated carbocycles. The Kier molecular flexibility index (Phi) is 4.86. The zero-order valence-electron chi connectivity index (χ0n) is 16.2. The van der Waals surface area contributed by atoms with Crippen LogP contribution < -0.4 is 10.2 Å². The minimum absolute atomic E-state index is 0.0384. The molecule has 0 radical (unpaired) electrons. The second-order valence-corrected chi connectivity index (χ2v) is 7.23. The van der Waals surface area contributed by atoms with Gasteiger partial charge in [-0.15, -0.1) is 0 Å². The van der Waals surface area contributed by atoms with Crippen molar-refractivity contribution in [3.05, 3.63) is 48.0 Å². The van der Waals surface area contributed by atoms with Gasteiger partial charge in [0.05, 0.1) is 11.8 Å². The van der Waals surface area contributed by atoms with E-state index in [9.17, 15) is 4.79 Å². The highest BCUT2D eigenvalue weighted by atomic mass is 16.5. The van der Waals surface area contributed by atoms with Crippen molar-refractivity contribution in [1.29, 1.82) is 0 Å². The van der Waals surface area contributed by atoms with E-state index in [1.165, 1.54) is 0 Å². The highest BCUT2D eigenvalue weighted by Gasteiger charge is 2.24. The Labute approximate surface area is 163 Å². The summed E-state index contributed by atoms with van der Waals surface area (Å²) >= 11 is 0. The lowest BCUT2D eigenvalue weighted by atomic mass is 9.90. The molecule has 1 N–H and O–H groups in total. The molecule has 0 saturated heterocycles. The molecule has 4 rings (SSSR count). The van der Waals surface area contributed by atoms with Gasteiger partial charge in [0, 0.05) is 23.5 Å². The first-order valence-corrected chi connectivity index (χ1v) is 9.58. The lowest BCUT2D eigenvalue weighted by Gasteiger charge is -2.21. The predicted octanol–water partition coefficient (Wildman–Crippen LogP) is 4.53. The van der Waals surface area contributed by atoms with Crippen LogP contribution in [0.4, 0.5) is 0 Å². The Morgan fingerprint density at radius 2 is 1.93 bits per heavy atom. The molecule has 1 atom stereocenters. The summed E-state index contributed by atoms with van der Waals surface area (Å²) in [6.07, 6.45) is 1.45. The number of aromatic nitrogens is 1. The first-order chi connectivity index (χ1) is 13.5. The zero-order chi connectivity index (χ0) is 19.7. The van der Waals surface area contributed by atoms with E-state index in [0.29, 0.717) is 17.9 Å². The number of nitrogens with one attached hydrogen (secondary N) is 1. The molecule has 1 amide bonds. The van der Waals surface area contributed by atoms with Crippen molar-refractivity contribution >= 4 is 22.7 Å². The Morgan fingerprint density at radius 3 is 2.64 bits per heavy atom. The number of benzene rings is 2. The van der Waals surface area contributed by atoms with Crippen molar-refractivity contribution in [2.75, 3.05) is 0 Å². The van der Waals surface area contributed by atoms with Crippen LogP contribution in [0.15, 0.2) is 52.0 Å². The fraction of sp³-hybridized carbons (Fsp3) is 0.318. The monoisotopic (exact) mass is 377 g/mol. The molecule has 0 aliphatic carbocycles. The molecule has 28 heavy (non-hydrogen) atoms. The van der Waals surface area contributed by atoms with Crippen LogP contribution in [-0.2, 0) is 4.79 Å². The summed E-state index contributed by atoms with van der Waals surface area (Å²) in [6, 6.07) is 13.6. The number of oxazole rings is 1. The fourth-order valence-electron chi connectivity index (χ4n) is 3.37. The number of amides is 1. The summed E-state index contributed by atoms with van der Waals surface area (Å²) in [5.74, 6) is 1.46. The molecule has 1 aromatic heterocycles. The van der Waals surface area contributed by atoms with Crippen LogP contribution in [0.3, 0.4) is 0 Å². The third-order valence-electron chi connectivity index (χ3n) is 4.77. The van der Waals surface area contributed by atoms with E-state index in [1.807, 2.05) is 56.3 Å². The second kappa shape index (κ2) is 7.46. The van der Waals surface area contributed by atoms with E-state index in [1.54, 1.807) is 0 Å². The second-order valence-electron chi connectivity index (χ2n) is 7.23. The summed E-state index contributed by atoms with van der Waals surface area (Å²) in [7, 11) is 0. The molecule has 6 nitrogen and oxygen atoms in total. The minimum Gasteiger partial charge on any atom is -0.491 e. The third kappa shape index (κ3) is 3.63. The fourth-order valence-corrected chi connectivity index (χ4v) is 3.37. The number of hydrogen-bond donors (Lipinski definition) is 1. The average Bonchev–Trinajstić information content (AvgIpc) is 3.11. The van der Waals surface area contributed by atoms with Crippen LogP contribution in [0.5, 0.6) is 5.75 Å². The van der Waals surface area contributed by atoms with Gasteiger partial charge in [-0.25, -0.2) is 10.4 Å². The molecular formula is C22H23N3O3. The maximum atomic E-state index is 11.6. The highest BCUT2D eigenvalue weighted by Crippen LogP contribution is 2.28. The lowest BCUT2D eigenvalue weighted by molar-refractivity contribution is -0.122. The summed E-state index contributed by atoms with van der Waals surface area (Å²) < 4.78 is 11.7. The number of hydrazone groups is 1. The molecule has 2 aromatic carbocycles. The van der Waals surface area contributed by atoms with Crippen LogP contribution in [0.1, 0.15) is 39.2 Å². The highest BCUT2D eigenvalue weighted by molar-refractivity contribution is 6.07. The summed E-state index contributed by atoms with van der Waals surface area (Å²) in [5, 5.41) is 4.28. The topological polar surface area (TPSA) is 76.7 Å². The number of nitrogens with zero attached hydrogens (tertiary/aromatic N) is 2. The van der Waals surface area contributed by atoms with Gasteiger partial charge in [0.1, 0.15) is 11.3 Å². The van der Waals surface area contributed by atoms with Gasteiger partial charge in [0.15, 0.2) is 5.58 Å².